The van der Waals surface area contributed by atoms with E-state index in [1.807, 2.05) is 0 Å². The molecule has 2 N–H and O–H groups in total. The number of rotatable bonds is 2. The summed E-state index contributed by atoms with van der Waals surface area (Å²) in [7, 11) is 0. The van der Waals surface area contributed by atoms with Crippen LogP contribution in [0.4, 0.5) is 0 Å². The summed E-state index contributed by atoms with van der Waals surface area (Å²) in [5, 5.41) is 15.6. The van der Waals surface area contributed by atoms with Crippen LogP contribution in [0.1, 0.15) is 2.85 Å². The van der Waals surface area contributed by atoms with Gasteiger partial charge in [0.05, 0.1) is 0 Å². The smallest absolute Gasteiger partial charge is 1.00 e. The Morgan fingerprint density at radius 2 is 1.20 bits per heavy atom. The molecule has 0 amide bonds. The molecule has 4 nitrogen and oxygen atoms in total. The predicted octanol–water partition coefficient (Wildman–Crippen LogP) is -6.06. The van der Waals surface area contributed by atoms with Crippen molar-refractivity contribution in [1.29, 1.82) is 0 Å². The molecule has 0 atom stereocenters. The predicted molar refractivity (Wildman–Crippen MR) is 26.6 cm³/mol. The van der Waals surface area contributed by atoms with E-state index in [4.69, 9.17) is 10.2 Å². The molecule has 48 valence electrons. The molecule has 0 aromatic heterocycles. The Hall–Kier alpha value is 1.95. The van der Waals surface area contributed by atoms with Gasteiger partial charge in [-0.3, -0.25) is 0 Å². The summed E-state index contributed by atoms with van der Waals surface area (Å²) in [6, 6.07) is 0. The number of hydrogen-bond donors (Lipinski definition) is 2. The van der Waals surface area contributed by atoms with E-state index in [2.05, 4.69) is 0 Å². The first-order valence-corrected chi connectivity index (χ1v) is 1.77. The topological polar surface area (TPSA) is 74.6 Å². The minimum Gasteiger partial charge on any atom is -1.00 e. The summed E-state index contributed by atoms with van der Waals surface area (Å²) in [6.07, 6.45) is 1.12. The normalized spacial score (nSPS) is 7.60. The largest absolute Gasteiger partial charge is 1.00 e. The van der Waals surface area contributed by atoms with Gasteiger partial charge in [-0.15, -0.1) is 0 Å². The monoisotopic (exact) mass is 196 g/mol. The molecule has 0 spiro atoms. The molecule has 0 rings (SSSR count). The van der Waals surface area contributed by atoms with E-state index in [-0.39, 0.29) is 106 Å². The minimum absolute atomic E-state index is 0. The molecule has 0 saturated heterocycles. The van der Waals surface area contributed by atoms with Crippen molar-refractivity contribution in [3.8, 4) is 0 Å². The van der Waals surface area contributed by atoms with E-state index in [0.29, 0.717) is 12.2 Å². The van der Waals surface area contributed by atoms with E-state index in [9.17, 15) is 9.59 Å². The summed E-state index contributed by atoms with van der Waals surface area (Å²) < 4.78 is 0. The van der Waals surface area contributed by atoms with Gasteiger partial charge in [0, 0.05) is 12.2 Å². The van der Waals surface area contributed by atoms with E-state index in [1.54, 1.807) is 0 Å². The Balaban J connectivity index is -0.0000000408. The Morgan fingerprint density at radius 3 is 1.30 bits per heavy atom. The van der Waals surface area contributed by atoms with Crippen molar-refractivity contribution in [3.05, 3.63) is 12.2 Å². The van der Waals surface area contributed by atoms with Crippen molar-refractivity contribution in [2.75, 3.05) is 0 Å². The number of hydrogen-bond acceptors (Lipinski definition) is 2. The maximum absolute atomic E-state index is 9.55. The fourth-order valence-electron chi connectivity index (χ4n) is 0.143. The van der Waals surface area contributed by atoms with E-state index in [0.717, 1.165) is 0 Å². The van der Waals surface area contributed by atoms with Crippen molar-refractivity contribution in [2.45, 2.75) is 0 Å². The molecule has 0 bridgehead atoms. The van der Waals surface area contributed by atoms with Gasteiger partial charge in [-0.1, -0.05) is 0 Å². The van der Waals surface area contributed by atoms with Crippen LogP contribution in [0, 0.1) is 0 Å². The number of carbonyl (C=O) groups is 2. The van der Waals surface area contributed by atoms with Gasteiger partial charge in [0.1, 0.15) is 0 Å². The van der Waals surface area contributed by atoms with E-state index < -0.39 is 11.9 Å². The Kier molecular flexibility index (Phi) is 19.6. The Labute approximate surface area is 146 Å². The molecule has 0 aliphatic heterocycles. The zero-order chi connectivity index (χ0) is 6.57. The zero-order valence-electron chi connectivity index (χ0n) is 7.87. The molecular formula is C4H6K2O4. The molecule has 0 radical (unpaired) electrons. The van der Waals surface area contributed by atoms with Crippen LogP contribution in [0.25, 0.3) is 0 Å². The molecule has 0 saturated carbocycles. The SMILES string of the molecule is O=C(O)/C=C/C(=O)O.[H-].[H-].[K+].[K+]. The molecule has 6 heteroatoms. The van der Waals surface area contributed by atoms with Crippen LogP contribution < -0.4 is 103 Å². The number of aliphatic carboxylic acids is 2. The third-order valence-electron chi connectivity index (χ3n) is 0.368. The van der Waals surface area contributed by atoms with Gasteiger partial charge < -0.3 is 13.1 Å². The van der Waals surface area contributed by atoms with Gasteiger partial charge in [0.2, 0.25) is 0 Å². The first-order valence-electron chi connectivity index (χ1n) is 1.77. The van der Waals surface area contributed by atoms with Gasteiger partial charge in [-0.2, -0.15) is 0 Å². The molecule has 0 aliphatic carbocycles. The van der Waals surface area contributed by atoms with Crippen molar-refractivity contribution < 1.29 is 125 Å². The Bertz CT molecular complexity index is 134. The van der Waals surface area contributed by atoms with Crippen molar-refractivity contribution >= 4 is 11.9 Å². The summed E-state index contributed by atoms with van der Waals surface area (Å²) in [5.74, 6) is -2.51. The second-order valence-electron chi connectivity index (χ2n) is 1.01. The summed E-state index contributed by atoms with van der Waals surface area (Å²) >= 11 is 0. The zero-order valence-corrected chi connectivity index (χ0v) is 12.1. The second kappa shape index (κ2) is 11.0. The summed E-state index contributed by atoms with van der Waals surface area (Å²) in [4.78, 5) is 19.1. The number of carboxylic acids is 2. The quantitative estimate of drug-likeness (QED) is 0.340. The van der Waals surface area contributed by atoms with Crippen molar-refractivity contribution in [3.63, 3.8) is 0 Å². The van der Waals surface area contributed by atoms with Crippen LogP contribution >= 0.6 is 0 Å². The molecule has 0 fully saturated rings. The first-order chi connectivity index (χ1) is 3.63. The van der Waals surface area contributed by atoms with Crippen molar-refractivity contribution in [2.24, 2.45) is 0 Å². The molecule has 10 heavy (non-hydrogen) atoms. The third kappa shape index (κ3) is 16.5. The average molecular weight is 196 g/mol. The second-order valence-corrected chi connectivity index (χ2v) is 1.01. The fraction of sp³-hybridized carbons (Fsp3) is 0. The molecule has 0 heterocycles. The van der Waals surface area contributed by atoms with Crippen LogP contribution in [-0.2, 0) is 9.59 Å². The van der Waals surface area contributed by atoms with Gasteiger partial charge in [-0.05, 0) is 0 Å². The van der Waals surface area contributed by atoms with E-state index >= 15 is 0 Å². The molecule has 0 aromatic carbocycles. The Morgan fingerprint density at radius 1 is 1.00 bits per heavy atom. The van der Waals surface area contributed by atoms with Crippen LogP contribution in [0.2, 0.25) is 0 Å². The van der Waals surface area contributed by atoms with Gasteiger partial charge in [-0.25, -0.2) is 9.59 Å². The minimum atomic E-state index is -1.26. The van der Waals surface area contributed by atoms with E-state index in [1.165, 1.54) is 0 Å². The van der Waals surface area contributed by atoms with Gasteiger partial charge >= 0.3 is 115 Å². The first kappa shape index (κ1) is 17.9. The molecule has 0 unspecified atom stereocenters. The van der Waals surface area contributed by atoms with Crippen LogP contribution in [-0.4, -0.2) is 22.2 Å². The summed E-state index contributed by atoms with van der Waals surface area (Å²) in [6.45, 7) is 0. The van der Waals surface area contributed by atoms with Gasteiger partial charge in [0.15, 0.2) is 0 Å². The molecular weight excluding hydrogens is 190 g/mol. The van der Waals surface area contributed by atoms with Crippen molar-refractivity contribution in [1.82, 2.24) is 0 Å². The standard InChI is InChI=1S/C4H4O4.2K.2H/c5-3(6)1-2-4(7)8;;;;/h1-2H,(H,5,6)(H,7,8);;;;/q;2*+1;2*-1/b2-1+;;;;. The number of carboxylic acid groups (broad SMARTS) is 2. The molecule has 0 aliphatic rings. The van der Waals surface area contributed by atoms with Gasteiger partial charge in [0.25, 0.3) is 0 Å². The average Bonchev–Trinajstić information content (AvgIpc) is 1.61. The maximum atomic E-state index is 9.55. The van der Waals surface area contributed by atoms with Crippen LogP contribution in [0.5, 0.6) is 0 Å². The fourth-order valence-corrected chi connectivity index (χ4v) is 0.143. The van der Waals surface area contributed by atoms with Crippen LogP contribution in [0.3, 0.4) is 0 Å². The third-order valence-corrected chi connectivity index (χ3v) is 0.368. The van der Waals surface area contributed by atoms with Crippen LogP contribution in [0.15, 0.2) is 12.2 Å². The summed E-state index contributed by atoms with van der Waals surface area (Å²) in [5.41, 5.74) is 0. The maximum Gasteiger partial charge on any atom is 1.00 e. The molecule has 0 aromatic rings.